The Balaban J connectivity index is 2.21. The van der Waals surface area contributed by atoms with Gasteiger partial charge in [0.15, 0.2) is 6.29 Å². The Bertz CT molecular complexity index is 1380. The molecule has 1 unspecified atom stereocenters. The predicted molar refractivity (Wildman–Crippen MR) is 195 cm³/mol. The van der Waals surface area contributed by atoms with Crippen molar-refractivity contribution in [1.29, 1.82) is 0 Å². The summed E-state index contributed by atoms with van der Waals surface area (Å²) in [7, 11) is 5.08. The smallest absolute Gasteiger partial charge is 0.312 e. The molecule has 13 heteroatoms. The lowest BCUT2D eigenvalue weighted by atomic mass is 9.74. The highest BCUT2D eigenvalue weighted by atomic mass is 19.1. The number of nitrogens with zero attached hydrogens (tertiary/aromatic N) is 1. The molecule has 2 N–H and O–H groups in total. The number of benzene rings is 1. The van der Waals surface area contributed by atoms with Crippen molar-refractivity contribution in [2.24, 2.45) is 23.7 Å². The molecule has 2 heterocycles. The fraction of sp³-hybridized carbons (Fsp3) is 0.775. The first-order chi connectivity index (χ1) is 24.8. The second-order valence-electron chi connectivity index (χ2n) is 15.7. The van der Waals surface area contributed by atoms with Crippen LogP contribution in [0.25, 0.3) is 0 Å². The molecule has 0 radical (unpaired) electrons. The summed E-state index contributed by atoms with van der Waals surface area (Å²) in [6.07, 6.45) is -6.06. The Morgan fingerprint density at radius 2 is 1.72 bits per heavy atom. The van der Waals surface area contributed by atoms with Crippen LogP contribution in [0.4, 0.5) is 4.39 Å². The minimum absolute atomic E-state index is 0.0724. The summed E-state index contributed by atoms with van der Waals surface area (Å²) < 4.78 is 51.7. The molecule has 2 aliphatic heterocycles. The van der Waals surface area contributed by atoms with E-state index in [2.05, 4.69) is 4.90 Å². The fourth-order valence-electron chi connectivity index (χ4n) is 8.20. The number of halogens is 1. The minimum atomic E-state index is -2.00. The Morgan fingerprint density at radius 3 is 2.28 bits per heavy atom. The van der Waals surface area contributed by atoms with E-state index in [1.54, 1.807) is 54.7 Å². The second-order valence-corrected chi connectivity index (χ2v) is 15.7. The molecule has 2 saturated heterocycles. The predicted octanol–water partition coefficient (Wildman–Crippen LogP) is 4.49. The number of methoxy groups -OCH3 is 2. The average Bonchev–Trinajstić information content (AvgIpc) is 3.12. The van der Waals surface area contributed by atoms with E-state index < -0.39 is 89.4 Å². The number of rotatable bonds is 10. The van der Waals surface area contributed by atoms with Crippen molar-refractivity contribution >= 4 is 17.7 Å². The van der Waals surface area contributed by atoms with E-state index in [0.29, 0.717) is 12.0 Å². The van der Waals surface area contributed by atoms with E-state index >= 15 is 0 Å². The lowest BCUT2D eigenvalue weighted by molar-refractivity contribution is -0.305. The van der Waals surface area contributed by atoms with Gasteiger partial charge in [-0.3, -0.25) is 14.4 Å². The molecule has 0 saturated carbocycles. The molecule has 3 rings (SSSR count). The van der Waals surface area contributed by atoms with Gasteiger partial charge in [0.05, 0.1) is 36.3 Å². The SMILES string of the molecule is CC[C@H]1OC(=O)[C@H](C)[C@@H](OC(=O)Cc2cccc(F)c2)[C@H](C)[C@@H](OC2O[C@@H](C)C[C@@H](N(C)CC)[C@@H]2OC)[C@](C)(OC)C[C@@H](C)C(=O)[C@@H](C)[C@@H](O)[C@]1(C)O. The molecular weight excluding hydrogens is 689 g/mol. The molecule has 0 aliphatic carbocycles. The number of Topliss-reactive ketones (excluding diaryl/α,β-unsaturated/α-hetero) is 1. The number of aliphatic hydroxyl groups is 2. The summed E-state index contributed by atoms with van der Waals surface area (Å²) in [4.78, 5) is 43.9. The molecule has 2 aliphatic rings. The van der Waals surface area contributed by atoms with Gasteiger partial charge in [0.2, 0.25) is 0 Å². The Labute approximate surface area is 315 Å². The number of esters is 2. The molecule has 53 heavy (non-hydrogen) atoms. The molecule has 14 atom stereocenters. The highest BCUT2D eigenvalue weighted by Crippen LogP contribution is 2.40. The molecule has 0 spiro atoms. The standard InChI is InChI=1S/C40H64FNO11/c1-13-30-40(9,47)35(45)24(5)32(44)22(3)21-39(8,49-12)36(53-38-34(48-11)29(42(10)14-2)18-23(4)50-38)25(6)33(26(7)37(46)51-30)52-31(43)20-27-16-15-17-28(41)19-27/h15-17,19,22-26,29-30,33-36,38,45,47H,13-14,18,20-21H2,1-12H3/t22-,23+,24-,25+,26-,29-,30-,33+,34+,35-,36-,38?,39-,40-/m1/s1. The highest BCUT2D eigenvalue weighted by molar-refractivity contribution is 5.83. The third-order valence-electron chi connectivity index (χ3n) is 11.6. The van der Waals surface area contributed by atoms with E-state index in [-0.39, 0.29) is 37.2 Å². The lowest BCUT2D eigenvalue weighted by Crippen LogP contribution is -2.61. The zero-order valence-corrected chi connectivity index (χ0v) is 33.7. The van der Waals surface area contributed by atoms with Crippen LogP contribution < -0.4 is 0 Å². The van der Waals surface area contributed by atoms with Crippen LogP contribution in [0.2, 0.25) is 0 Å². The summed E-state index contributed by atoms with van der Waals surface area (Å²) in [6, 6.07) is 5.52. The molecule has 0 bridgehead atoms. The van der Waals surface area contributed by atoms with E-state index in [4.69, 9.17) is 28.4 Å². The van der Waals surface area contributed by atoms with Crippen molar-refractivity contribution in [3.63, 3.8) is 0 Å². The van der Waals surface area contributed by atoms with Gasteiger partial charge in [-0.15, -0.1) is 0 Å². The Hall–Kier alpha value is -2.52. The van der Waals surface area contributed by atoms with Crippen LogP contribution in [0.1, 0.15) is 87.1 Å². The van der Waals surface area contributed by atoms with Crippen LogP contribution >= 0.6 is 0 Å². The molecule has 1 aromatic carbocycles. The first-order valence-electron chi connectivity index (χ1n) is 18.9. The Morgan fingerprint density at radius 1 is 1.06 bits per heavy atom. The number of aliphatic hydroxyl groups excluding tert-OH is 1. The average molecular weight is 754 g/mol. The zero-order chi connectivity index (χ0) is 40.0. The molecule has 2 fully saturated rings. The third-order valence-corrected chi connectivity index (χ3v) is 11.6. The largest absolute Gasteiger partial charge is 0.461 e. The molecule has 302 valence electrons. The number of carbonyl (C=O) groups excluding carboxylic acids is 3. The van der Waals surface area contributed by atoms with E-state index in [0.717, 1.165) is 6.54 Å². The quantitative estimate of drug-likeness (QED) is 0.324. The second kappa shape index (κ2) is 18.9. The van der Waals surface area contributed by atoms with Gasteiger partial charge in [-0.05, 0) is 78.2 Å². The highest BCUT2D eigenvalue weighted by Gasteiger charge is 2.53. The van der Waals surface area contributed by atoms with Crippen molar-refractivity contribution < 1.29 is 57.4 Å². The molecular formula is C40H64FNO11. The lowest BCUT2D eigenvalue weighted by Gasteiger charge is -2.49. The van der Waals surface area contributed by atoms with E-state index in [1.165, 1.54) is 32.2 Å². The summed E-state index contributed by atoms with van der Waals surface area (Å²) in [5.41, 5.74) is -2.89. The number of carbonyl (C=O) groups is 3. The van der Waals surface area contributed by atoms with Gasteiger partial charge < -0.3 is 43.5 Å². The fourth-order valence-corrected chi connectivity index (χ4v) is 8.20. The maximum Gasteiger partial charge on any atom is 0.312 e. The number of ether oxygens (including phenoxy) is 6. The normalized spacial score (nSPS) is 39.3. The van der Waals surface area contributed by atoms with Crippen LogP contribution in [0.5, 0.6) is 0 Å². The zero-order valence-electron chi connectivity index (χ0n) is 33.7. The van der Waals surface area contributed by atoms with Crippen molar-refractivity contribution in [2.45, 2.75) is 148 Å². The summed E-state index contributed by atoms with van der Waals surface area (Å²) in [6.45, 7) is 16.2. The van der Waals surface area contributed by atoms with E-state index in [9.17, 15) is 29.0 Å². The number of cyclic esters (lactones) is 1. The summed E-state index contributed by atoms with van der Waals surface area (Å²) in [5.74, 6) is -6.05. The van der Waals surface area contributed by atoms with Crippen LogP contribution in [0.3, 0.4) is 0 Å². The van der Waals surface area contributed by atoms with Gasteiger partial charge in [0, 0.05) is 38.0 Å². The van der Waals surface area contributed by atoms with E-state index in [1.807, 2.05) is 20.9 Å². The molecule has 0 amide bonds. The van der Waals surface area contributed by atoms with Crippen LogP contribution in [0.15, 0.2) is 24.3 Å². The van der Waals surface area contributed by atoms with Gasteiger partial charge in [-0.1, -0.05) is 46.8 Å². The maximum absolute atomic E-state index is 14.1. The first-order valence-corrected chi connectivity index (χ1v) is 18.9. The molecule has 0 aromatic heterocycles. The van der Waals surface area contributed by atoms with Crippen LogP contribution in [0, 0.1) is 29.5 Å². The Kier molecular flexibility index (Phi) is 16.0. The third kappa shape index (κ3) is 10.4. The first kappa shape index (κ1) is 44.9. The van der Waals surface area contributed by atoms with Crippen molar-refractivity contribution in [1.82, 2.24) is 4.90 Å². The minimum Gasteiger partial charge on any atom is -0.461 e. The van der Waals surface area contributed by atoms with Crippen LogP contribution in [-0.4, -0.2) is 121 Å². The van der Waals surface area contributed by atoms with Crippen molar-refractivity contribution in [3.05, 3.63) is 35.6 Å². The van der Waals surface area contributed by atoms with Gasteiger partial charge in [-0.25, -0.2) is 4.39 Å². The number of ketones is 1. The number of likely N-dealkylation sites (N-methyl/N-ethyl adjacent to an activating group) is 1. The summed E-state index contributed by atoms with van der Waals surface area (Å²) >= 11 is 0. The monoisotopic (exact) mass is 753 g/mol. The van der Waals surface area contributed by atoms with Gasteiger partial charge in [-0.2, -0.15) is 0 Å². The molecule has 12 nitrogen and oxygen atoms in total. The van der Waals surface area contributed by atoms with Crippen LogP contribution in [-0.2, 0) is 49.2 Å². The number of hydrogen-bond acceptors (Lipinski definition) is 12. The summed E-state index contributed by atoms with van der Waals surface area (Å²) in [5, 5.41) is 23.0. The van der Waals surface area contributed by atoms with Gasteiger partial charge >= 0.3 is 11.9 Å². The van der Waals surface area contributed by atoms with Crippen molar-refractivity contribution in [3.8, 4) is 0 Å². The topological polar surface area (TPSA) is 150 Å². The number of hydrogen-bond donors (Lipinski definition) is 2. The maximum atomic E-state index is 14.1. The van der Waals surface area contributed by atoms with Gasteiger partial charge in [0.1, 0.15) is 35.5 Å². The van der Waals surface area contributed by atoms with Gasteiger partial charge in [0.25, 0.3) is 0 Å². The molecule has 1 aromatic rings. The van der Waals surface area contributed by atoms with Crippen molar-refractivity contribution in [2.75, 3.05) is 27.8 Å².